The van der Waals surface area contributed by atoms with Crippen LogP contribution in [0.15, 0.2) is 54.6 Å². The van der Waals surface area contributed by atoms with Gasteiger partial charge in [-0.05, 0) is 36.2 Å². The summed E-state index contributed by atoms with van der Waals surface area (Å²) < 4.78 is 17.7. The van der Waals surface area contributed by atoms with Crippen LogP contribution in [-0.2, 0) is 4.57 Å². The average molecular weight is 418 g/mol. The van der Waals surface area contributed by atoms with E-state index in [9.17, 15) is 19.1 Å². The van der Waals surface area contributed by atoms with E-state index in [-0.39, 0.29) is 5.56 Å². The Kier molecular flexibility index (Phi) is 9.59. The second-order valence-corrected chi connectivity index (χ2v) is 8.96. The Balaban J connectivity index is 1.90. The van der Waals surface area contributed by atoms with Crippen molar-refractivity contribution >= 4 is 13.4 Å². The molecule has 0 bridgehead atoms. The van der Waals surface area contributed by atoms with E-state index in [0.29, 0.717) is 17.9 Å². The maximum Gasteiger partial charge on any atom is 0.340 e. The highest BCUT2D eigenvalue weighted by Gasteiger charge is 2.37. The highest BCUT2D eigenvalue weighted by molar-refractivity contribution is 7.53. The number of hydrogen-bond donors (Lipinski definition) is 2. The number of ether oxygens (including phenoxy) is 1. The van der Waals surface area contributed by atoms with Crippen LogP contribution in [0, 0.1) is 0 Å². The molecule has 0 fully saturated rings. The van der Waals surface area contributed by atoms with Crippen molar-refractivity contribution in [2.45, 2.75) is 57.5 Å². The highest BCUT2D eigenvalue weighted by atomic mass is 31.2. The fourth-order valence-electron chi connectivity index (χ4n) is 3.26. The molecule has 0 aliphatic heterocycles. The van der Waals surface area contributed by atoms with E-state index in [1.54, 1.807) is 54.6 Å². The monoisotopic (exact) mass is 418 g/mol. The van der Waals surface area contributed by atoms with Crippen LogP contribution in [0.5, 0.6) is 5.75 Å². The van der Waals surface area contributed by atoms with E-state index in [4.69, 9.17) is 4.74 Å². The van der Waals surface area contributed by atoms with Gasteiger partial charge in [-0.3, -0.25) is 9.36 Å². The van der Waals surface area contributed by atoms with Gasteiger partial charge in [-0.2, -0.15) is 0 Å². The minimum absolute atomic E-state index is 0.255. The first-order valence-electron chi connectivity index (χ1n) is 10.3. The van der Waals surface area contributed by atoms with Gasteiger partial charge in [0.1, 0.15) is 11.4 Å². The van der Waals surface area contributed by atoms with E-state index < -0.39 is 19.0 Å². The van der Waals surface area contributed by atoms with Gasteiger partial charge >= 0.3 is 7.60 Å². The molecule has 0 amide bonds. The zero-order valence-electron chi connectivity index (χ0n) is 17.0. The first-order chi connectivity index (χ1) is 13.9. The van der Waals surface area contributed by atoms with Crippen LogP contribution in [0.2, 0.25) is 0 Å². The molecule has 0 spiro atoms. The van der Waals surface area contributed by atoms with Gasteiger partial charge in [0.2, 0.25) is 0 Å². The molecule has 2 rings (SSSR count). The third-order valence-corrected chi connectivity index (χ3v) is 6.06. The van der Waals surface area contributed by atoms with Crippen molar-refractivity contribution in [1.29, 1.82) is 0 Å². The number of Topliss-reactive ketones (excluding diaryl/α,β-unsaturated/α-hetero) is 1. The van der Waals surface area contributed by atoms with Crippen molar-refractivity contribution in [2.24, 2.45) is 0 Å². The summed E-state index contributed by atoms with van der Waals surface area (Å²) in [5.74, 6) is 0.0585. The van der Waals surface area contributed by atoms with Crippen LogP contribution in [0.4, 0.5) is 0 Å². The molecule has 0 heterocycles. The summed E-state index contributed by atoms with van der Waals surface area (Å²) >= 11 is 0. The molecule has 29 heavy (non-hydrogen) atoms. The van der Waals surface area contributed by atoms with Crippen molar-refractivity contribution in [3.8, 4) is 5.75 Å². The summed E-state index contributed by atoms with van der Waals surface area (Å²) in [6, 6.07) is 14.7. The van der Waals surface area contributed by atoms with Crippen molar-refractivity contribution in [3.05, 3.63) is 65.7 Å². The second kappa shape index (κ2) is 11.9. The van der Waals surface area contributed by atoms with Gasteiger partial charge in [0, 0.05) is 5.56 Å². The fraction of sp³-hybridized carbons (Fsp3) is 0.435. The average Bonchev–Trinajstić information content (AvgIpc) is 2.70. The minimum atomic E-state index is -4.65. The first kappa shape index (κ1) is 23.3. The molecule has 158 valence electrons. The van der Waals surface area contributed by atoms with Gasteiger partial charge in [0.15, 0.2) is 5.78 Å². The van der Waals surface area contributed by atoms with Crippen LogP contribution < -0.4 is 4.74 Å². The highest BCUT2D eigenvalue weighted by Crippen LogP contribution is 2.53. The predicted molar refractivity (Wildman–Crippen MR) is 115 cm³/mol. The molecular weight excluding hydrogens is 387 g/mol. The van der Waals surface area contributed by atoms with Crippen molar-refractivity contribution in [3.63, 3.8) is 0 Å². The lowest BCUT2D eigenvalue weighted by Crippen LogP contribution is -2.13. The molecule has 0 aliphatic rings. The molecule has 2 N–H and O–H groups in total. The molecular formula is C23H31O5P. The van der Waals surface area contributed by atoms with Crippen LogP contribution in [0.25, 0.3) is 0 Å². The summed E-state index contributed by atoms with van der Waals surface area (Å²) in [7, 11) is -4.65. The Labute approximate surface area is 173 Å². The van der Waals surface area contributed by atoms with Crippen LogP contribution in [0.3, 0.4) is 0 Å². The Hall–Kier alpha value is -1.94. The van der Waals surface area contributed by atoms with E-state index >= 15 is 0 Å². The lowest BCUT2D eigenvalue weighted by Gasteiger charge is -2.18. The Morgan fingerprint density at radius 2 is 1.48 bits per heavy atom. The number of benzene rings is 2. The largest absolute Gasteiger partial charge is 0.494 e. The Bertz CT molecular complexity index is 783. The predicted octanol–water partition coefficient (Wildman–Crippen LogP) is 5.92. The van der Waals surface area contributed by atoms with E-state index in [1.807, 2.05) is 0 Å². The molecule has 0 radical (unpaired) electrons. The molecule has 2 aromatic carbocycles. The van der Waals surface area contributed by atoms with Crippen molar-refractivity contribution in [1.82, 2.24) is 0 Å². The maximum absolute atomic E-state index is 12.8. The van der Waals surface area contributed by atoms with Gasteiger partial charge in [-0.25, -0.2) is 0 Å². The van der Waals surface area contributed by atoms with Crippen molar-refractivity contribution in [2.75, 3.05) is 6.61 Å². The SMILES string of the molecule is CCCCCCCCCOc1ccc(C(=O)C(c2ccccc2)P(=O)(O)O)cc1. The van der Waals surface area contributed by atoms with Gasteiger partial charge in [-0.15, -0.1) is 0 Å². The fourth-order valence-corrected chi connectivity index (χ4v) is 4.27. The molecule has 1 atom stereocenters. The molecule has 0 saturated carbocycles. The van der Waals surface area contributed by atoms with Gasteiger partial charge in [-0.1, -0.05) is 75.8 Å². The second-order valence-electron chi connectivity index (χ2n) is 7.26. The number of carbonyl (C=O) groups excluding carboxylic acids is 1. The van der Waals surface area contributed by atoms with E-state index in [0.717, 1.165) is 12.8 Å². The summed E-state index contributed by atoms with van der Waals surface area (Å²) in [6.07, 6.45) is 8.47. The Morgan fingerprint density at radius 1 is 0.897 bits per heavy atom. The smallest absolute Gasteiger partial charge is 0.340 e. The standard InChI is InChI=1S/C23H31O5P/c1-2-3-4-5-6-7-11-18-28-21-16-14-19(15-17-21)22(24)23(29(25,26)27)20-12-9-8-10-13-20/h8-10,12-17,23H,2-7,11,18H2,1H3,(H2,25,26,27). The first-order valence-corrected chi connectivity index (χ1v) is 12.0. The zero-order valence-corrected chi connectivity index (χ0v) is 17.9. The number of ketones is 1. The van der Waals surface area contributed by atoms with Gasteiger partial charge in [0.05, 0.1) is 6.61 Å². The van der Waals surface area contributed by atoms with Crippen LogP contribution in [-0.4, -0.2) is 22.2 Å². The van der Waals surface area contributed by atoms with Crippen LogP contribution >= 0.6 is 7.60 Å². The summed E-state index contributed by atoms with van der Waals surface area (Å²) in [5, 5.41) is 0. The molecule has 5 nitrogen and oxygen atoms in total. The number of carbonyl (C=O) groups is 1. The summed E-state index contributed by atoms with van der Waals surface area (Å²) in [5.41, 5.74) is -0.932. The molecule has 0 aromatic heterocycles. The van der Waals surface area contributed by atoms with Gasteiger partial charge < -0.3 is 14.5 Å². The lowest BCUT2D eigenvalue weighted by atomic mass is 10.0. The lowest BCUT2D eigenvalue weighted by molar-refractivity contribution is 0.0978. The third kappa shape index (κ3) is 7.77. The van der Waals surface area contributed by atoms with E-state index in [1.165, 1.54) is 32.1 Å². The topological polar surface area (TPSA) is 83.8 Å². The zero-order chi connectivity index (χ0) is 21.1. The summed E-state index contributed by atoms with van der Waals surface area (Å²) in [4.78, 5) is 32.2. The number of rotatable bonds is 13. The third-order valence-electron chi connectivity index (χ3n) is 4.86. The van der Waals surface area contributed by atoms with Gasteiger partial charge in [0.25, 0.3) is 0 Å². The summed E-state index contributed by atoms with van der Waals surface area (Å²) in [6.45, 7) is 2.83. The molecule has 6 heteroatoms. The van der Waals surface area contributed by atoms with Crippen LogP contribution in [0.1, 0.15) is 73.4 Å². The van der Waals surface area contributed by atoms with E-state index in [2.05, 4.69) is 6.92 Å². The normalized spacial score (nSPS) is 12.5. The Morgan fingerprint density at radius 3 is 2.07 bits per heavy atom. The molecule has 1 unspecified atom stereocenters. The molecule has 0 saturated heterocycles. The quantitative estimate of drug-likeness (QED) is 0.240. The van der Waals surface area contributed by atoms with Crippen molar-refractivity contribution < 1.29 is 23.9 Å². The minimum Gasteiger partial charge on any atom is -0.494 e. The molecule has 2 aromatic rings. The number of unbranched alkanes of at least 4 members (excludes halogenated alkanes) is 6. The number of hydrogen-bond acceptors (Lipinski definition) is 3. The molecule has 0 aliphatic carbocycles. The maximum atomic E-state index is 12.8.